The van der Waals surface area contributed by atoms with E-state index in [0.29, 0.717) is 43.2 Å². The summed E-state index contributed by atoms with van der Waals surface area (Å²) < 4.78 is 11.5. The van der Waals surface area contributed by atoms with Gasteiger partial charge in [-0.3, -0.25) is 19.0 Å². The number of benzene rings is 1. The van der Waals surface area contributed by atoms with E-state index < -0.39 is 17.4 Å². The van der Waals surface area contributed by atoms with E-state index in [0.717, 1.165) is 41.0 Å². The van der Waals surface area contributed by atoms with Crippen LogP contribution in [0.2, 0.25) is 0 Å². The molecule has 1 aliphatic rings. The molecule has 1 aromatic carbocycles. The average molecular weight is 581 g/mol. The lowest BCUT2D eigenvalue weighted by molar-refractivity contribution is -0.116. The lowest BCUT2D eigenvalue weighted by Gasteiger charge is -2.18. The number of ether oxygens (including phenoxy) is 2. The molecule has 5 rings (SSSR count). The minimum absolute atomic E-state index is 0.279. The zero-order valence-corrected chi connectivity index (χ0v) is 24.1. The van der Waals surface area contributed by atoms with E-state index >= 15 is 0 Å². The first-order valence-electron chi connectivity index (χ1n) is 12.7. The van der Waals surface area contributed by atoms with Crippen LogP contribution in [-0.4, -0.2) is 41.6 Å². The fourth-order valence-corrected chi connectivity index (χ4v) is 7.34. The van der Waals surface area contributed by atoms with Gasteiger partial charge in [-0.15, -0.1) is 22.7 Å². The average Bonchev–Trinajstić information content (AvgIpc) is 3.46. The summed E-state index contributed by atoms with van der Waals surface area (Å²) in [6.45, 7) is 3.54. The van der Waals surface area contributed by atoms with Crippen LogP contribution in [-0.2, 0) is 28.9 Å². The molecule has 2 amide bonds. The van der Waals surface area contributed by atoms with Gasteiger partial charge in [0, 0.05) is 4.88 Å². The number of para-hydroxylation sites is 2. The largest absolute Gasteiger partial charge is 0.495 e. The molecule has 0 fully saturated rings. The standard InChI is InChI=1S/C28H28N4O6S2/c1-14-9-10-16-19(11-14)39-26(22(16)28(36)38-4)31-20(33)12-32-13-29-25-21(27(32)35)15(2)23(40-25)24(34)30-17-7-5-6-8-18(17)37-3/h5-8,13-14H,9-12H2,1-4H3,(H,30,34)(H,31,33). The van der Waals surface area contributed by atoms with Crippen molar-refractivity contribution in [2.45, 2.75) is 39.7 Å². The smallest absolute Gasteiger partial charge is 0.341 e. The van der Waals surface area contributed by atoms with Crippen molar-refractivity contribution in [2.24, 2.45) is 5.92 Å². The maximum absolute atomic E-state index is 13.4. The van der Waals surface area contributed by atoms with Gasteiger partial charge in [0.1, 0.15) is 22.1 Å². The van der Waals surface area contributed by atoms with Crippen molar-refractivity contribution in [3.63, 3.8) is 0 Å². The SMILES string of the molecule is COC(=O)c1c(NC(=O)Cn2cnc3sc(C(=O)Nc4ccccc4OC)c(C)c3c2=O)sc2c1CCC(C)C2. The Morgan fingerprint density at radius 1 is 1.15 bits per heavy atom. The molecule has 10 nitrogen and oxygen atoms in total. The normalized spacial score (nSPS) is 14.4. The highest BCUT2D eigenvalue weighted by Crippen LogP contribution is 2.40. The second-order valence-electron chi connectivity index (χ2n) is 9.66. The monoisotopic (exact) mass is 580 g/mol. The number of carbonyl (C=O) groups excluding carboxylic acids is 3. The van der Waals surface area contributed by atoms with Gasteiger partial charge in [0.05, 0.1) is 42.1 Å². The molecule has 4 aromatic rings. The molecular formula is C28H28N4O6S2. The van der Waals surface area contributed by atoms with Crippen LogP contribution in [0.1, 0.15) is 49.4 Å². The molecule has 2 N–H and O–H groups in total. The number of anilines is 2. The number of hydrogen-bond donors (Lipinski definition) is 2. The van der Waals surface area contributed by atoms with Crippen molar-refractivity contribution in [1.82, 2.24) is 9.55 Å². The van der Waals surface area contributed by atoms with Crippen LogP contribution in [0.25, 0.3) is 10.2 Å². The van der Waals surface area contributed by atoms with E-state index in [-0.39, 0.29) is 17.8 Å². The van der Waals surface area contributed by atoms with Crippen LogP contribution < -0.4 is 20.9 Å². The molecule has 0 spiro atoms. The fraction of sp³-hybridized carbons (Fsp3) is 0.321. The predicted molar refractivity (Wildman–Crippen MR) is 155 cm³/mol. The lowest BCUT2D eigenvalue weighted by Crippen LogP contribution is -2.28. The zero-order valence-electron chi connectivity index (χ0n) is 22.5. The maximum atomic E-state index is 13.4. The third-order valence-electron chi connectivity index (χ3n) is 6.95. The first-order valence-corrected chi connectivity index (χ1v) is 14.3. The molecule has 0 aliphatic heterocycles. The first kappa shape index (κ1) is 27.5. The van der Waals surface area contributed by atoms with Gasteiger partial charge in [-0.25, -0.2) is 9.78 Å². The van der Waals surface area contributed by atoms with Crippen molar-refractivity contribution in [1.29, 1.82) is 0 Å². The fourth-order valence-electron chi connectivity index (χ4n) is 4.89. The Morgan fingerprint density at radius 2 is 1.93 bits per heavy atom. The molecule has 0 radical (unpaired) electrons. The molecule has 1 unspecified atom stereocenters. The molecule has 0 saturated carbocycles. The van der Waals surface area contributed by atoms with Gasteiger partial charge in [-0.2, -0.15) is 0 Å². The minimum atomic E-state index is -0.490. The highest BCUT2D eigenvalue weighted by Gasteiger charge is 2.29. The number of fused-ring (bicyclic) bond motifs is 2. The Kier molecular flexibility index (Phi) is 7.72. The molecule has 12 heteroatoms. The van der Waals surface area contributed by atoms with Gasteiger partial charge >= 0.3 is 5.97 Å². The summed E-state index contributed by atoms with van der Waals surface area (Å²) in [7, 11) is 2.83. The number of aromatic nitrogens is 2. The molecule has 0 bridgehead atoms. The first-order chi connectivity index (χ1) is 19.2. The van der Waals surface area contributed by atoms with Crippen molar-refractivity contribution < 1.29 is 23.9 Å². The van der Waals surface area contributed by atoms with Gasteiger partial charge < -0.3 is 20.1 Å². The van der Waals surface area contributed by atoms with E-state index in [1.807, 2.05) is 0 Å². The summed E-state index contributed by atoms with van der Waals surface area (Å²) in [4.78, 5) is 58.2. The highest BCUT2D eigenvalue weighted by molar-refractivity contribution is 7.20. The van der Waals surface area contributed by atoms with Crippen LogP contribution >= 0.6 is 22.7 Å². The second kappa shape index (κ2) is 11.2. The maximum Gasteiger partial charge on any atom is 0.341 e. The number of rotatable bonds is 7. The van der Waals surface area contributed by atoms with E-state index in [9.17, 15) is 19.2 Å². The molecule has 1 aliphatic carbocycles. The quantitative estimate of drug-likeness (QED) is 0.305. The molecule has 0 saturated heterocycles. The topological polar surface area (TPSA) is 129 Å². The Balaban J connectivity index is 1.39. The second-order valence-corrected chi connectivity index (χ2v) is 11.8. The van der Waals surface area contributed by atoms with Crippen molar-refractivity contribution in [3.05, 3.63) is 67.4 Å². The van der Waals surface area contributed by atoms with Crippen molar-refractivity contribution >= 4 is 61.4 Å². The number of amides is 2. The molecule has 3 heterocycles. The minimum Gasteiger partial charge on any atom is -0.495 e. The van der Waals surface area contributed by atoms with Crippen LogP contribution in [0.15, 0.2) is 35.4 Å². The molecule has 3 aromatic heterocycles. The number of methoxy groups -OCH3 is 2. The number of aryl methyl sites for hydroxylation is 1. The van der Waals surface area contributed by atoms with E-state index in [2.05, 4.69) is 22.5 Å². The van der Waals surface area contributed by atoms with E-state index in [1.54, 1.807) is 31.2 Å². The molecular weight excluding hydrogens is 552 g/mol. The predicted octanol–water partition coefficient (Wildman–Crippen LogP) is 4.64. The van der Waals surface area contributed by atoms with Crippen molar-refractivity contribution in [3.8, 4) is 5.75 Å². The van der Waals surface area contributed by atoms with Crippen LogP contribution in [0.4, 0.5) is 10.7 Å². The van der Waals surface area contributed by atoms with Crippen molar-refractivity contribution in [2.75, 3.05) is 24.9 Å². The summed E-state index contributed by atoms with van der Waals surface area (Å²) in [5.74, 6) is -0.345. The Bertz CT molecular complexity index is 1700. The Labute approximate surface area is 238 Å². The highest BCUT2D eigenvalue weighted by atomic mass is 32.1. The summed E-state index contributed by atoms with van der Waals surface area (Å²) >= 11 is 2.48. The summed E-state index contributed by atoms with van der Waals surface area (Å²) in [6.07, 6.45) is 3.84. The van der Waals surface area contributed by atoms with Gasteiger partial charge in [0.15, 0.2) is 0 Å². The molecule has 1 atom stereocenters. The third kappa shape index (κ3) is 5.11. The summed E-state index contributed by atoms with van der Waals surface area (Å²) in [5.41, 5.74) is 1.87. The van der Waals surface area contributed by atoms with E-state index in [4.69, 9.17) is 9.47 Å². The number of esters is 1. The molecule has 208 valence electrons. The molecule has 40 heavy (non-hydrogen) atoms. The Hall–Kier alpha value is -4.03. The van der Waals surface area contributed by atoms with Gasteiger partial charge in [-0.1, -0.05) is 19.1 Å². The van der Waals surface area contributed by atoms with Crippen LogP contribution in [0.3, 0.4) is 0 Å². The van der Waals surface area contributed by atoms with E-state index in [1.165, 1.54) is 36.5 Å². The van der Waals surface area contributed by atoms with Gasteiger partial charge in [0.25, 0.3) is 11.5 Å². The number of thiophene rings is 2. The van der Waals surface area contributed by atoms with Crippen LogP contribution in [0, 0.1) is 12.8 Å². The lowest BCUT2D eigenvalue weighted by atomic mass is 9.88. The number of nitrogens with one attached hydrogen (secondary N) is 2. The number of carbonyl (C=O) groups is 3. The van der Waals surface area contributed by atoms with Crippen LogP contribution in [0.5, 0.6) is 5.75 Å². The van der Waals surface area contributed by atoms with Gasteiger partial charge in [-0.05, 0) is 55.4 Å². The zero-order chi connectivity index (χ0) is 28.6. The Morgan fingerprint density at radius 3 is 2.67 bits per heavy atom. The summed E-state index contributed by atoms with van der Waals surface area (Å²) in [5, 5.41) is 6.35. The third-order valence-corrected chi connectivity index (χ3v) is 9.32. The summed E-state index contributed by atoms with van der Waals surface area (Å²) in [6, 6.07) is 7.03. The number of hydrogen-bond acceptors (Lipinski definition) is 9. The van der Waals surface area contributed by atoms with Gasteiger partial charge in [0.2, 0.25) is 5.91 Å². The number of nitrogens with zero attached hydrogens (tertiary/aromatic N) is 2.